The molecular weight excluding hydrogens is 279 g/mol. The number of likely N-dealkylation sites (N-methyl/N-ethyl adjacent to an activating group) is 2. The van der Waals surface area contributed by atoms with Gasteiger partial charge in [0.1, 0.15) is 5.82 Å². The van der Waals surface area contributed by atoms with Crippen LogP contribution in [0.3, 0.4) is 0 Å². The summed E-state index contributed by atoms with van der Waals surface area (Å²) in [7, 11) is 4.01. The van der Waals surface area contributed by atoms with Gasteiger partial charge >= 0.3 is 0 Å². The summed E-state index contributed by atoms with van der Waals surface area (Å²) in [5, 5.41) is 10.3. The Morgan fingerprint density at radius 2 is 2.00 bits per heavy atom. The number of H-pyrrole nitrogens is 1. The molecule has 2 rings (SSSR count). The first-order valence-electron chi connectivity index (χ1n) is 6.32. The molecule has 0 amide bonds. The van der Waals surface area contributed by atoms with Crippen molar-refractivity contribution >= 4 is 12.4 Å². The summed E-state index contributed by atoms with van der Waals surface area (Å²) in [4.78, 5) is 2.22. The van der Waals surface area contributed by atoms with Gasteiger partial charge in [-0.1, -0.05) is 0 Å². The third-order valence-electron chi connectivity index (χ3n) is 3.02. The lowest BCUT2D eigenvalue weighted by molar-refractivity contribution is 0.328. The minimum absolute atomic E-state index is 0. The first kappa shape index (κ1) is 16.6. The lowest BCUT2D eigenvalue weighted by Crippen LogP contribution is -2.26. The number of halogens is 2. The Bertz CT molecular complexity index is 512. The van der Waals surface area contributed by atoms with Crippen LogP contribution in [0.1, 0.15) is 5.56 Å². The highest BCUT2D eigenvalue weighted by atomic mass is 35.5. The lowest BCUT2D eigenvalue weighted by atomic mass is 10.1. The van der Waals surface area contributed by atoms with Gasteiger partial charge in [0.15, 0.2) is 0 Å². The molecule has 2 aromatic rings. The Kier molecular flexibility index (Phi) is 6.64. The molecule has 2 N–H and O–H groups in total. The molecule has 110 valence electrons. The van der Waals surface area contributed by atoms with Crippen molar-refractivity contribution in [2.24, 2.45) is 0 Å². The maximum Gasteiger partial charge on any atom is 0.123 e. The average molecular weight is 299 g/mol. The van der Waals surface area contributed by atoms with Gasteiger partial charge in [-0.3, -0.25) is 5.10 Å². The molecule has 1 aromatic carbocycles. The summed E-state index contributed by atoms with van der Waals surface area (Å²) in [6.45, 7) is 2.72. The van der Waals surface area contributed by atoms with E-state index in [1.807, 2.05) is 13.2 Å². The number of aromatic amines is 1. The molecule has 0 fully saturated rings. The van der Waals surface area contributed by atoms with E-state index in [-0.39, 0.29) is 18.2 Å². The van der Waals surface area contributed by atoms with E-state index in [4.69, 9.17) is 0 Å². The first-order chi connectivity index (χ1) is 9.20. The Hall–Kier alpha value is -1.43. The molecule has 0 saturated heterocycles. The van der Waals surface area contributed by atoms with Gasteiger partial charge in [-0.05, 0) is 38.4 Å². The van der Waals surface area contributed by atoms with Gasteiger partial charge < -0.3 is 10.2 Å². The number of aromatic nitrogens is 2. The molecule has 1 aromatic heterocycles. The zero-order valence-corrected chi connectivity index (χ0v) is 12.5. The van der Waals surface area contributed by atoms with Crippen LogP contribution in [0.15, 0.2) is 30.5 Å². The highest BCUT2D eigenvalue weighted by Crippen LogP contribution is 2.22. The topological polar surface area (TPSA) is 44.0 Å². The Morgan fingerprint density at radius 1 is 1.30 bits per heavy atom. The first-order valence-corrected chi connectivity index (χ1v) is 6.32. The highest BCUT2D eigenvalue weighted by Gasteiger charge is 2.10. The summed E-state index contributed by atoms with van der Waals surface area (Å²) < 4.78 is 12.9. The van der Waals surface area contributed by atoms with Gasteiger partial charge in [0, 0.05) is 37.0 Å². The maximum atomic E-state index is 12.9. The third kappa shape index (κ3) is 4.30. The van der Waals surface area contributed by atoms with E-state index in [0.29, 0.717) is 0 Å². The van der Waals surface area contributed by atoms with Gasteiger partial charge in [0.2, 0.25) is 0 Å². The second-order valence-electron chi connectivity index (χ2n) is 4.61. The molecule has 20 heavy (non-hydrogen) atoms. The molecule has 0 unspecified atom stereocenters. The van der Waals surface area contributed by atoms with E-state index < -0.39 is 0 Å². The molecule has 0 aliphatic heterocycles. The van der Waals surface area contributed by atoms with Gasteiger partial charge in [-0.15, -0.1) is 12.4 Å². The van der Waals surface area contributed by atoms with Crippen LogP contribution in [0.4, 0.5) is 4.39 Å². The van der Waals surface area contributed by atoms with Crippen LogP contribution in [0.25, 0.3) is 11.3 Å². The fraction of sp³-hybridized carbons (Fsp3) is 0.357. The summed E-state index contributed by atoms with van der Waals surface area (Å²) in [6.07, 6.45) is 1.90. The monoisotopic (exact) mass is 298 g/mol. The third-order valence-corrected chi connectivity index (χ3v) is 3.02. The molecule has 0 aliphatic rings. The minimum Gasteiger partial charge on any atom is -0.318 e. The van der Waals surface area contributed by atoms with Crippen LogP contribution < -0.4 is 5.32 Å². The maximum absolute atomic E-state index is 12.9. The van der Waals surface area contributed by atoms with Crippen LogP contribution >= 0.6 is 12.4 Å². The van der Waals surface area contributed by atoms with E-state index in [1.165, 1.54) is 12.1 Å². The smallest absolute Gasteiger partial charge is 0.123 e. The quantitative estimate of drug-likeness (QED) is 0.860. The number of rotatable bonds is 6. The predicted molar refractivity (Wildman–Crippen MR) is 81.5 cm³/mol. The fourth-order valence-electron chi connectivity index (χ4n) is 1.97. The van der Waals surface area contributed by atoms with Gasteiger partial charge in [0.25, 0.3) is 0 Å². The van der Waals surface area contributed by atoms with Gasteiger partial charge in [-0.25, -0.2) is 4.39 Å². The minimum atomic E-state index is -0.230. The van der Waals surface area contributed by atoms with Crippen molar-refractivity contribution in [1.29, 1.82) is 0 Å². The molecule has 0 saturated carbocycles. The molecule has 0 radical (unpaired) electrons. The molecular formula is C14H20ClFN4. The Balaban J connectivity index is 0.00000200. The van der Waals surface area contributed by atoms with Crippen molar-refractivity contribution in [2.75, 3.05) is 27.2 Å². The second kappa shape index (κ2) is 7.99. The molecule has 6 heteroatoms. The van der Waals surface area contributed by atoms with Crippen LogP contribution in [0.2, 0.25) is 0 Å². The molecule has 0 bridgehead atoms. The number of nitrogens with one attached hydrogen (secondary N) is 2. The second-order valence-corrected chi connectivity index (χ2v) is 4.61. The fourth-order valence-corrected chi connectivity index (χ4v) is 1.97. The number of benzene rings is 1. The van der Waals surface area contributed by atoms with Crippen molar-refractivity contribution in [2.45, 2.75) is 6.54 Å². The van der Waals surface area contributed by atoms with E-state index in [9.17, 15) is 4.39 Å². The predicted octanol–water partition coefficient (Wildman–Crippen LogP) is 2.29. The van der Waals surface area contributed by atoms with Crippen molar-refractivity contribution in [1.82, 2.24) is 20.4 Å². The van der Waals surface area contributed by atoms with Crippen LogP contribution in [-0.2, 0) is 6.54 Å². The lowest BCUT2D eigenvalue weighted by Gasteiger charge is -2.16. The number of nitrogens with zero attached hydrogens (tertiary/aromatic N) is 2. The van der Waals surface area contributed by atoms with Gasteiger partial charge in [-0.2, -0.15) is 5.10 Å². The Morgan fingerprint density at radius 3 is 2.65 bits per heavy atom. The van der Waals surface area contributed by atoms with Crippen molar-refractivity contribution in [3.05, 3.63) is 41.8 Å². The summed E-state index contributed by atoms with van der Waals surface area (Å²) >= 11 is 0. The number of hydrogen-bond acceptors (Lipinski definition) is 3. The number of hydrogen-bond donors (Lipinski definition) is 2. The standard InChI is InChI=1S/C14H19FN4.ClH/c1-16-7-8-19(2)10-12-9-17-18-14(12)11-3-5-13(15)6-4-11;/h3-6,9,16H,7-8,10H2,1-2H3,(H,17,18);1H. The summed E-state index contributed by atoms with van der Waals surface area (Å²) in [6, 6.07) is 6.42. The molecule has 0 atom stereocenters. The highest BCUT2D eigenvalue weighted by molar-refractivity contribution is 5.85. The van der Waals surface area contributed by atoms with E-state index >= 15 is 0 Å². The SMILES string of the molecule is CNCCN(C)Cc1c[nH]nc1-c1ccc(F)cc1.Cl. The Labute approximate surface area is 124 Å². The van der Waals surface area contributed by atoms with Crippen LogP contribution in [0.5, 0.6) is 0 Å². The van der Waals surface area contributed by atoms with Crippen LogP contribution in [0, 0.1) is 5.82 Å². The average Bonchev–Trinajstić information content (AvgIpc) is 2.85. The molecule has 4 nitrogen and oxygen atoms in total. The normalized spacial score (nSPS) is 10.6. The van der Waals surface area contributed by atoms with E-state index in [1.54, 1.807) is 12.1 Å². The van der Waals surface area contributed by atoms with Crippen molar-refractivity contribution in [3.8, 4) is 11.3 Å². The summed E-state index contributed by atoms with van der Waals surface area (Å²) in [5.74, 6) is -0.230. The molecule has 0 aliphatic carbocycles. The zero-order valence-electron chi connectivity index (χ0n) is 11.7. The van der Waals surface area contributed by atoms with E-state index in [2.05, 4.69) is 27.5 Å². The van der Waals surface area contributed by atoms with Crippen molar-refractivity contribution in [3.63, 3.8) is 0 Å². The largest absolute Gasteiger partial charge is 0.318 e. The molecule has 0 spiro atoms. The van der Waals surface area contributed by atoms with E-state index in [0.717, 1.165) is 36.5 Å². The zero-order chi connectivity index (χ0) is 13.7. The molecule has 1 heterocycles. The summed E-state index contributed by atoms with van der Waals surface area (Å²) in [5.41, 5.74) is 2.93. The van der Waals surface area contributed by atoms with Crippen LogP contribution in [-0.4, -0.2) is 42.3 Å². The van der Waals surface area contributed by atoms with Crippen molar-refractivity contribution < 1.29 is 4.39 Å². The van der Waals surface area contributed by atoms with Gasteiger partial charge in [0.05, 0.1) is 5.69 Å².